The minimum atomic E-state index is -5.00. The molecule has 9 heteroatoms. The predicted molar refractivity (Wildman–Crippen MR) is 125 cm³/mol. The summed E-state index contributed by atoms with van der Waals surface area (Å²) in [5.74, 6) is -3.11. The second-order valence-electron chi connectivity index (χ2n) is 7.78. The summed E-state index contributed by atoms with van der Waals surface area (Å²) in [6.07, 6.45) is -4.26. The maximum atomic E-state index is 13.8. The Morgan fingerprint density at radius 3 is 2.28 bits per heavy atom. The third-order valence-electron chi connectivity index (χ3n) is 5.23. The van der Waals surface area contributed by atoms with Gasteiger partial charge in [0, 0.05) is 6.07 Å². The van der Waals surface area contributed by atoms with Crippen molar-refractivity contribution in [3.05, 3.63) is 99.9 Å². The van der Waals surface area contributed by atoms with Crippen molar-refractivity contribution in [2.24, 2.45) is 0 Å². The second-order valence-corrected chi connectivity index (χ2v) is 7.78. The summed E-state index contributed by atoms with van der Waals surface area (Å²) >= 11 is 0. The largest absolute Gasteiger partial charge is 0.482 e. The number of ether oxygens (including phenoxy) is 3. The fraction of sp³-hybridized carbons (Fsp3) is 0.185. The van der Waals surface area contributed by atoms with Crippen LogP contribution in [0.15, 0.2) is 82.0 Å². The van der Waals surface area contributed by atoms with Gasteiger partial charge in [0.15, 0.2) is 6.61 Å². The number of hydrogen-bond acceptors (Lipinski definition) is 6. The molecule has 0 N–H and O–H groups in total. The molecule has 0 saturated heterocycles. The van der Waals surface area contributed by atoms with Gasteiger partial charge < -0.3 is 18.6 Å². The van der Waals surface area contributed by atoms with Gasteiger partial charge in [0.1, 0.15) is 23.7 Å². The highest BCUT2D eigenvalue weighted by atomic mass is 19.4. The van der Waals surface area contributed by atoms with Crippen LogP contribution in [0.2, 0.25) is 0 Å². The highest BCUT2D eigenvalue weighted by molar-refractivity contribution is 5.80. The molecule has 4 aromatic rings. The summed E-state index contributed by atoms with van der Waals surface area (Å²) in [6.45, 7) is 1.50. The van der Waals surface area contributed by atoms with E-state index in [0.717, 1.165) is 23.6 Å². The first kappa shape index (κ1) is 24.8. The van der Waals surface area contributed by atoms with Crippen LogP contribution >= 0.6 is 0 Å². The molecule has 1 heterocycles. The fourth-order valence-electron chi connectivity index (χ4n) is 3.36. The summed E-state index contributed by atoms with van der Waals surface area (Å²) in [7, 11) is 0. The van der Waals surface area contributed by atoms with E-state index in [0.29, 0.717) is 0 Å². The maximum absolute atomic E-state index is 13.8. The van der Waals surface area contributed by atoms with Crippen LogP contribution in [0.5, 0.6) is 17.2 Å². The van der Waals surface area contributed by atoms with Gasteiger partial charge in [-0.2, -0.15) is 13.2 Å². The predicted octanol–water partition coefficient (Wildman–Crippen LogP) is 6.29. The molecule has 0 radical (unpaired) electrons. The number of halogens is 3. The number of carbonyl (C=O) groups is 1. The molecule has 0 spiro atoms. The second kappa shape index (κ2) is 10.6. The lowest BCUT2D eigenvalue weighted by Crippen LogP contribution is -2.16. The molecule has 0 saturated carbocycles. The van der Waals surface area contributed by atoms with Crippen molar-refractivity contribution >= 4 is 16.9 Å². The quantitative estimate of drug-likeness (QED) is 0.266. The number of fused-ring (bicyclic) bond motifs is 1. The van der Waals surface area contributed by atoms with Gasteiger partial charge in [0.25, 0.3) is 5.76 Å². The van der Waals surface area contributed by atoms with Crippen LogP contribution < -0.4 is 14.9 Å². The Bertz CT molecular complexity index is 1410. The number of carbonyl (C=O) groups excluding carboxylic acids is 1. The van der Waals surface area contributed by atoms with Crippen LogP contribution in [0, 0.1) is 0 Å². The fourth-order valence-corrected chi connectivity index (χ4v) is 3.36. The van der Waals surface area contributed by atoms with Crippen molar-refractivity contribution in [3.8, 4) is 17.2 Å². The molecule has 0 aliphatic rings. The SMILES string of the molecule is CCc1ccc(Oc2c(C(F)(F)F)oc3cc(OCC(=O)OCc4ccccc4)ccc3c2=O)cc1. The van der Waals surface area contributed by atoms with Crippen molar-refractivity contribution in [1.82, 2.24) is 0 Å². The standard InChI is InChI=1S/C27H21F3O6/c1-2-17-8-10-19(11-9-17)35-25-24(32)21-13-12-20(14-22(21)36-26(25)27(28,29)30)33-16-23(31)34-15-18-6-4-3-5-7-18/h3-14H,2,15-16H2,1H3. The zero-order valence-electron chi connectivity index (χ0n) is 19.1. The first-order valence-electron chi connectivity index (χ1n) is 11.0. The Hall–Kier alpha value is -4.27. The number of benzene rings is 3. The lowest BCUT2D eigenvalue weighted by Gasteiger charge is -2.14. The van der Waals surface area contributed by atoms with E-state index in [4.69, 9.17) is 18.6 Å². The summed E-state index contributed by atoms with van der Waals surface area (Å²) in [5.41, 5.74) is 0.394. The molecule has 1 aromatic heterocycles. The van der Waals surface area contributed by atoms with Crippen LogP contribution in [0.25, 0.3) is 11.0 Å². The lowest BCUT2D eigenvalue weighted by molar-refractivity contribution is -0.154. The molecular formula is C27H21F3O6. The Labute approximate surface area is 203 Å². The van der Waals surface area contributed by atoms with Gasteiger partial charge in [-0.05, 0) is 41.8 Å². The number of hydrogen-bond donors (Lipinski definition) is 0. The van der Waals surface area contributed by atoms with Crippen molar-refractivity contribution in [1.29, 1.82) is 0 Å². The van der Waals surface area contributed by atoms with Gasteiger partial charge in [0.2, 0.25) is 11.2 Å². The Balaban J connectivity index is 1.55. The average Bonchev–Trinajstić information content (AvgIpc) is 2.88. The van der Waals surface area contributed by atoms with E-state index in [9.17, 15) is 22.8 Å². The highest BCUT2D eigenvalue weighted by Gasteiger charge is 2.40. The minimum Gasteiger partial charge on any atom is -0.482 e. The van der Waals surface area contributed by atoms with Gasteiger partial charge in [-0.25, -0.2) is 4.79 Å². The monoisotopic (exact) mass is 498 g/mol. The zero-order chi connectivity index (χ0) is 25.7. The molecule has 0 unspecified atom stereocenters. The van der Waals surface area contributed by atoms with Crippen LogP contribution in [0.1, 0.15) is 23.8 Å². The van der Waals surface area contributed by atoms with E-state index in [-0.39, 0.29) is 29.1 Å². The third kappa shape index (κ3) is 5.86. The van der Waals surface area contributed by atoms with Gasteiger partial charge >= 0.3 is 12.1 Å². The van der Waals surface area contributed by atoms with Crippen LogP contribution in [-0.4, -0.2) is 12.6 Å². The van der Waals surface area contributed by atoms with Crippen molar-refractivity contribution in [2.75, 3.05) is 6.61 Å². The average molecular weight is 498 g/mol. The lowest BCUT2D eigenvalue weighted by atomic mass is 10.1. The molecule has 3 aromatic carbocycles. The van der Waals surface area contributed by atoms with Gasteiger partial charge in [-0.15, -0.1) is 0 Å². The Kier molecular flexibility index (Phi) is 7.28. The first-order valence-corrected chi connectivity index (χ1v) is 11.0. The summed E-state index contributed by atoms with van der Waals surface area (Å²) in [5, 5.41) is -0.137. The van der Waals surface area contributed by atoms with E-state index < -0.39 is 35.7 Å². The molecule has 4 rings (SSSR count). The van der Waals surface area contributed by atoms with Crippen LogP contribution in [-0.2, 0) is 28.7 Å². The molecule has 0 amide bonds. The summed E-state index contributed by atoms with van der Waals surface area (Å²) < 4.78 is 62.1. The summed E-state index contributed by atoms with van der Waals surface area (Å²) in [4.78, 5) is 24.9. The molecule has 6 nitrogen and oxygen atoms in total. The molecule has 36 heavy (non-hydrogen) atoms. The molecule has 0 aliphatic heterocycles. The maximum Gasteiger partial charge on any atom is 0.453 e. The Morgan fingerprint density at radius 2 is 1.61 bits per heavy atom. The van der Waals surface area contributed by atoms with Crippen LogP contribution in [0.3, 0.4) is 0 Å². The van der Waals surface area contributed by atoms with Gasteiger partial charge in [-0.3, -0.25) is 4.79 Å². The summed E-state index contributed by atoms with van der Waals surface area (Å²) in [6, 6.07) is 19.1. The third-order valence-corrected chi connectivity index (χ3v) is 5.23. The topological polar surface area (TPSA) is 75.0 Å². The molecule has 186 valence electrons. The number of esters is 1. The molecule has 0 atom stereocenters. The highest BCUT2D eigenvalue weighted by Crippen LogP contribution is 2.38. The molecule has 0 aliphatic carbocycles. The number of alkyl halides is 3. The number of rotatable bonds is 8. The van der Waals surface area contributed by atoms with E-state index in [2.05, 4.69) is 0 Å². The van der Waals surface area contributed by atoms with Crippen molar-refractivity contribution in [3.63, 3.8) is 0 Å². The van der Waals surface area contributed by atoms with Gasteiger partial charge in [-0.1, -0.05) is 49.4 Å². The smallest absolute Gasteiger partial charge is 0.453 e. The van der Waals surface area contributed by atoms with E-state index in [1.165, 1.54) is 24.3 Å². The Morgan fingerprint density at radius 1 is 0.917 bits per heavy atom. The van der Waals surface area contributed by atoms with Crippen molar-refractivity contribution in [2.45, 2.75) is 26.1 Å². The van der Waals surface area contributed by atoms with E-state index >= 15 is 0 Å². The molecule has 0 fully saturated rings. The van der Waals surface area contributed by atoms with Crippen LogP contribution in [0.4, 0.5) is 13.2 Å². The van der Waals surface area contributed by atoms with Crippen molar-refractivity contribution < 1.29 is 36.6 Å². The van der Waals surface area contributed by atoms with E-state index in [1.807, 2.05) is 13.0 Å². The molecular weight excluding hydrogens is 477 g/mol. The number of aryl methyl sites for hydroxylation is 1. The molecule has 0 bridgehead atoms. The first-order chi connectivity index (χ1) is 17.2. The minimum absolute atomic E-state index is 0.0271. The zero-order valence-corrected chi connectivity index (χ0v) is 19.1. The van der Waals surface area contributed by atoms with E-state index in [1.54, 1.807) is 36.4 Å². The normalized spacial score (nSPS) is 11.3. The van der Waals surface area contributed by atoms with Gasteiger partial charge in [0.05, 0.1) is 5.39 Å².